The fraction of sp³-hybridized carbons (Fsp3) is 0.556. The minimum Gasteiger partial charge on any atom is -0.494 e. The first-order valence-electron chi connectivity index (χ1n) is 8.56. The zero-order valence-corrected chi connectivity index (χ0v) is 15.1. The van der Waals surface area contributed by atoms with Gasteiger partial charge in [-0.2, -0.15) is 0 Å². The van der Waals surface area contributed by atoms with Crippen LogP contribution in [0.2, 0.25) is 0 Å². The number of hydrogen-bond acceptors (Lipinski definition) is 3. The number of nitrogens with one attached hydrogen (secondary N) is 2. The number of halogens is 1. The van der Waals surface area contributed by atoms with Crippen molar-refractivity contribution in [2.24, 2.45) is 10.9 Å². The van der Waals surface area contributed by atoms with Crippen molar-refractivity contribution in [3.8, 4) is 5.75 Å². The number of ether oxygens (including phenoxy) is 1. The lowest BCUT2D eigenvalue weighted by Gasteiger charge is -2.34. The Morgan fingerprint density at radius 1 is 1.40 bits per heavy atom. The quantitative estimate of drug-likeness (QED) is 0.627. The first-order chi connectivity index (χ1) is 12.1. The smallest absolute Gasteiger partial charge is 0.220 e. The molecular formula is C18H27FN4O2. The van der Waals surface area contributed by atoms with Gasteiger partial charge in [-0.05, 0) is 36.5 Å². The van der Waals surface area contributed by atoms with Crippen molar-refractivity contribution in [1.29, 1.82) is 0 Å². The van der Waals surface area contributed by atoms with Crippen LogP contribution in [0.1, 0.15) is 24.8 Å². The maximum Gasteiger partial charge on any atom is 0.220 e. The molecule has 0 bridgehead atoms. The number of methoxy groups -OCH3 is 1. The average Bonchev–Trinajstić information content (AvgIpc) is 2.63. The van der Waals surface area contributed by atoms with Crippen LogP contribution < -0.4 is 15.4 Å². The summed E-state index contributed by atoms with van der Waals surface area (Å²) in [7, 11) is 4.87. The molecule has 7 heteroatoms. The predicted octanol–water partition coefficient (Wildman–Crippen LogP) is 1.76. The Morgan fingerprint density at radius 2 is 2.12 bits per heavy atom. The van der Waals surface area contributed by atoms with E-state index in [4.69, 9.17) is 4.74 Å². The first-order valence-corrected chi connectivity index (χ1v) is 8.56. The van der Waals surface area contributed by atoms with E-state index in [-0.39, 0.29) is 17.5 Å². The van der Waals surface area contributed by atoms with Gasteiger partial charge in [0.15, 0.2) is 17.5 Å². The lowest BCUT2D eigenvalue weighted by Crippen LogP contribution is -2.45. The largest absolute Gasteiger partial charge is 0.494 e. The highest BCUT2D eigenvalue weighted by molar-refractivity contribution is 5.80. The summed E-state index contributed by atoms with van der Waals surface area (Å²) in [6, 6.07) is 4.92. The second-order valence-corrected chi connectivity index (χ2v) is 6.18. The van der Waals surface area contributed by atoms with Crippen molar-refractivity contribution in [2.45, 2.75) is 25.8 Å². The Hall–Kier alpha value is -2.31. The molecule has 1 saturated heterocycles. The molecule has 6 nitrogen and oxygen atoms in total. The summed E-state index contributed by atoms with van der Waals surface area (Å²) in [4.78, 5) is 18.0. The van der Waals surface area contributed by atoms with Crippen molar-refractivity contribution >= 4 is 11.9 Å². The topological polar surface area (TPSA) is 66.0 Å². The number of likely N-dealkylation sites (tertiary alicyclic amines) is 1. The SMILES string of the molecule is CN=C(NCc1ccc(OC)c(F)c1)N1CCC(CC(=O)NC)CC1. The molecule has 25 heavy (non-hydrogen) atoms. The number of benzene rings is 1. The van der Waals surface area contributed by atoms with E-state index in [9.17, 15) is 9.18 Å². The van der Waals surface area contributed by atoms with Gasteiger partial charge in [-0.1, -0.05) is 6.07 Å². The van der Waals surface area contributed by atoms with Crippen molar-refractivity contribution in [1.82, 2.24) is 15.5 Å². The first kappa shape index (κ1) is 19.0. The predicted molar refractivity (Wildman–Crippen MR) is 96.1 cm³/mol. The number of nitrogens with zero attached hydrogens (tertiary/aromatic N) is 2. The molecule has 1 aliphatic rings. The number of hydrogen-bond donors (Lipinski definition) is 2. The Balaban J connectivity index is 1.85. The molecule has 1 aromatic carbocycles. The summed E-state index contributed by atoms with van der Waals surface area (Å²) in [5.74, 6) is 1.19. The molecule has 1 fully saturated rings. The van der Waals surface area contributed by atoms with E-state index < -0.39 is 0 Å². The van der Waals surface area contributed by atoms with E-state index in [2.05, 4.69) is 20.5 Å². The maximum absolute atomic E-state index is 13.8. The van der Waals surface area contributed by atoms with Crippen molar-refractivity contribution < 1.29 is 13.9 Å². The van der Waals surface area contributed by atoms with E-state index in [1.54, 1.807) is 20.2 Å². The Kier molecular flexibility index (Phi) is 7.03. The standard InChI is InChI=1S/C18H27FN4O2/c1-20-17(24)11-13-6-8-23(9-7-13)18(21-2)22-12-14-4-5-16(25-3)15(19)10-14/h4-5,10,13H,6-9,11-12H2,1-3H3,(H,20,24)(H,21,22). The molecule has 0 spiro atoms. The highest BCUT2D eigenvalue weighted by Gasteiger charge is 2.23. The number of carbonyl (C=O) groups excluding carboxylic acids is 1. The number of amides is 1. The third-order valence-corrected chi connectivity index (χ3v) is 4.55. The molecule has 1 aliphatic heterocycles. The van der Waals surface area contributed by atoms with Crippen molar-refractivity contribution in [2.75, 3.05) is 34.3 Å². The summed E-state index contributed by atoms with van der Waals surface area (Å²) < 4.78 is 18.7. The monoisotopic (exact) mass is 350 g/mol. The van der Waals surface area contributed by atoms with Gasteiger partial charge < -0.3 is 20.3 Å². The van der Waals surface area contributed by atoms with Gasteiger partial charge in [0.25, 0.3) is 0 Å². The minimum absolute atomic E-state index is 0.0995. The lowest BCUT2D eigenvalue weighted by molar-refractivity contribution is -0.121. The average molecular weight is 350 g/mol. The molecule has 1 aromatic rings. The molecule has 138 valence electrons. The van der Waals surface area contributed by atoms with Gasteiger partial charge in [0, 0.05) is 40.2 Å². The van der Waals surface area contributed by atoms with Crippen LogP contribution in [0.3, 0.4) is 0 Å². The molecule has 0 aliphatic carbocycles. The molecule has 0 radical (unpaired) electrons. The Bertz CT molecular complexity index is 613. The fourth-order valence-corrected chi connectivity index (χ4v) is 3.05. The summed E-state index contributed by atoms with van der Waals surface area (Å²) in [6.07, 6.45) is 2.51. The van der Waals surface area contributed by atoms with E-state index in [0.29, 0.717) is 18.9 Å². The maximum atomic E-state index is 13.8. The van der Waals surface area contributed by atoms with Crippen LogP contribution in [-0.2, 0) is 11.3 Å². The zero-order chi connectivity index (χ0) is 18.2. The van der Waals surface area contributed by atoms with Gasteiger partial charge in [0.2, 0.25) is 5.91 Å². The summed E-state index contributed by atoms with van der Waals surface area (Å²) >= 11 is 0. The Labute approximate surface area is 148 Å². The van der Waals surface area contributed by atoms with Crippen LogP contribution >= 0.6 is 0 Å². The fourth-order valence-electron chi connectivity index (χ4n) is 3.05. The number of rotatable bonds is 5. The molecule has 0 atom stereocenters. The molecule has 0 aromatic heterocycles. The second kappa shape index (κ2) is 9.25. The van der Waals surface area contributed by atoms with Crippen LogP contribution in [0.5, 0.6) is 5.75 Å². The summed E-state index contributed by atoms with van der Waals surface area (Å²) in [5, 5.41) is 5.96. The third-order valence-electron chi connectivity index (χ3n) is 4.55. The molecule has 0 saturated carbocycles. The van der Waals surface area contributed by atoms with E-state index in [1.165, 1.54) is 13.2 Å². The van der Waals surface area contributed by atoms with Crippen LogP contribution in [-0.4, -0.2) is 51.1 Å². The van der Waals surface area contributed by atoms with Crippen LogP contribution in [0.15, 0.2) is 23.2 Å². The van der Waals surface area contributed by atoms with Gasteiger partial charge in [-0.25, -0.2) is 4.39 Å². The van der Waals surface area contributed by atoms with Gasteiger partial charge in [-0.15, -0.1) is 0 Å². The number of piperidine rings is 1. The molecular weight excluding hydrogens is 323 g/mol. The molecule has 1 amide bonds. The van der Waals surface area contributed by atoms with Crippen LogP contribution in [0.4, 0.5) is 4.39 Å². The van der Waals surface area contributed by atoms with Crippen molar-refractivity contribution in [3.63, 3.8) is 0 Å². The van der Waals surface area contributed by atoms with Crippen LogP contribution in [0, 0.1) is 11.7 Å². The second-order valence-electron chi connectivity index (χ2n) is 6.18. The Morgan fingerprint density at radius 3 is 2.68 bits per heavy atom. The molecule has 2 N–H and O–H groups in total. The number of aliphatic imine (C=N–C) groups is 1. The normalized spacial score (nSPS) is 15.8. The molecule has 2 rings (SSSR count). The van der Waals surface area contributed by atoms with E-state index in [1.807, 2.05) is 6.07 Å². The third kappa shape index (κ3) is 5.34. The zero-order valence-electron chi connectivity index (χ0n) is 15.1. The summed E-state index contributed by atoms with van der Waals surface area (Å²) in [5.41, 5.74) is 0.828. The van der Waals surface area contributed by atoms with Gasteiger partial charge >= 0.3 is 0 Å². The highest BCUT2D eigenvalue weighted by atomic mass is 19.1. The lowest BCUT2D eigenvalue weighted by atomic mass is 9.93. The van der Waals surface area contributed by atoms with Gasteiger partial charge in [-0.3, -0.25) is 9.79 Å². The van der Waals surface area contributed by atoms with E-state index in [0.717, 1.165) is 37.5 Å². The highest BCUT2D eigenvalue weighted by Crippen LogP contribution is 2.21. The molecule has 0 unspecified atom stereocenters. The van der Waals surface area contributed by atoms with Crippen LogP contribution in [0.25, 0.3) is 0 Å². The van der Waals surface area contributed by atoms with E-state index >= 15 is 0 Å². The van der Waals surface area contributed by atoms with Crippen molar-refractivity contribution in [3.05, 3.63) is 29.6 Å². The number of guanidine groups is 1. The van der Waals surface area contributed by atoms with Gasteiger partial charge in [0.05, 0.1) is 7.11 Å². The minimum atomic E-state index is -0.369. The summed E-state index contributed by atoms with van der Waals surface area (Å²) in [6.45, 7) is 2.21. The number of carbonyl (C=O) groups is 1. The van der Waals surface area contributed by atoms with Gasteiger partial charge in [0.1, 0.15) is 0 Å². The molecule has 1 heterocycles.